The highest BCUT2D eigenvalue weighted by atomic mass is 19.1. The number of aromatic amines is 1. The molecule has 2 rings (SSSR count). The van der Waals surface area contributed by atoms with Crippen molar-refractivity contribution in [2.45, 2.75) is 13.5 Å². The molecule has 2 aromatic rings. The van der Waals surface area contributed by atoms with Crippen molar-refractivity contribution in [1.82, 2.24) is 4.98 Å². The molecule has 0 bridgehead atoms. The first kappa shape index (κ1) is 14.0. The van der Waals surface area contributed by atoms with Gasteiger partial charge < -0.3 is 15.0 Å². The summed E-state index contributed by atoms with van der Waals surface area (Å²) in [5, 5.41) is 2.68. The van der Waals surface area contributed by atoms with Gasteiger partial charge in [0.1, 0.15) is 17.2 Å². The van der Waals surface area contributed by atoms with Gasteiger partial charge in [-0.15, -0.1) is 0 Å². The second-order valence-electron chi connectivity index (χ2n) is 4.30. The Morgan fingerprint density at radius 1 is 1.30 bits per heavy atom. The lowest BCUT2D eigenvalue weighted by atomic mass is 10.2. The minimum atomic E-state index is -0.659. The van der Waals surface area contributed by atoms with E-state index in [1.54, 1.807) is 19.1 Å². The Labute approximate surface area is 114 Å². The fraction of sp³-hybridized carbons (Fsp3) is 0.214. The largest absolute Gasteiger partial charge is 0.464 e. The number of hydrogen-bond acceptors (Lipinski definition) is 3. The fourth-order valence-corrected chi connectivity index (χ4v) is 1.77. The molecule has 2 N–H and O–H groups in total. The van der Waals surface area contributed by atoms with E-state index in [0.717, 1.165) is 0 Å². The maximum absolute atomic E-state index is 13.8. The van der Waals surface area contributed by atoms with E-state index >= 15 is 0 Å². The van der Waals surface area contributed by atoms with Gasteiger partial charge in [0.15, 0.2) is 5.82 Å². The highest BCUT2D eigenvalue weighted by Crippen LogP contribution is 2.22. The number of rotatable bonds is 4. The maximum Gasteiger partial charge on any atom is 0.354 e. The van der Waals surface area contributed by atoms with E-state index in [-0.39, 0.29) is 17.9 Å². The highest BCUT2D eigenvalue weighted by molar-refractivity contribution is 5.87. The minimum absolute atomic E-state index is 0.161. The zero-order valence-corrected chi connectivity index (χ0v) is 11.1. The number of aromatic nitrogens is 1. The molecule has 1 aromatic heterocycles. The van der Waals surface area contributed by atoms with Gasteiger partial charge in [-0.25, -0.2) is 13.6 Å². The lowest BCUT2D eigenvalue weighted by molar-refractivity contribution is 0.0594. The van der Waals surface area contributed by atoms with E-state index in [2.05, 4.69) is 15.0 Å². The van der Waals surface area contributed by atoms with Crippen LogP contribution in [0.4, 0.5) is 14.5 Å². The highest BCUT2D eigenvalue weighted by Gasteiger charge is 2.12. The number of benzene rings is 1. The van der Waals surface area contributed by atoms with Crippen LogP contribution in [0.15, 0.2) is 24.3 Å². The Balaban J connectivity index is 2.11. The van der Waals surface area contributed by atoms with Crippen molar-refractivity contribution in [1.29, 1.82) is 0 Å². The van der Waals surface area contributed by atoms with Gasteiger partial charge in [0, 0.05) is 5.69 Å². The van der Waals surface area contributed by atoms with Gasteiger partial charge in [-0.05, 0) is 30.7 Å². The summed E-state index contributed by atoms with van der Waals surface area (Å²) in [4.78, 5) is 14.1. The second kappa shape index (κ2) is 5.73. The Kier molecular flexibility index (Phi) is 4.02. The van der Waals surface area contributed by atoms with Gasteiger partial charge in [0.05, 0.1) is 13.7 Å². The van der Waals surface area contributed by atoms with Gasteiger partial charge >= 0.3 is 5.97 Å². The van der Waals surface area contributed by atoms with Crippen molar-refractivity contribution in [2.75, 3.05) is 12.4 Å². The minimum Gasteiger partial charge on any atom is -0.464 e. The fourth-order valence-electron chi connectivity index (χ4n) is 1.77. The van der Waals surface area contributed by atoms with Crippen LogP contribution in [0.1, 0.15) is 21.7 Å². The molecule has 1 aromatic carbocycles. The monoisotopic (exact) mass is 280 g/mol. The van der Waals surface area contributed by atoms with E-state index in [0.29, 0.717) is 11.3 Å². The summed E-state index contributed by atoms with van der Waals surface area (Å²) >= 11 is 0. The molecule has 0 unspecified atom stereocenters. The molecule has 0 saturated carbocycles. The predicted molar refractivity (Wildman–Crippen MR) is 70.6 cm³/mol. The van der Waals surface area contributed by atoms with Gasteiger partial charge in [-0.1, -0.05) is 6.07 Å². The first-order valence-electron chi connectivity index (χ1n) is 5.97. The number of carbonyl (C=O) groups is 1. The lowest BCUT2D eigenvalue weighted by Gasteiger charge is -2.09. The molecule has 4 nitrogen and oxygen atoms in total. The molecule has 0 spiro atoms. The number of ether oxygens (including phenoxy) is 1. The molecule has 0 saturated heterocycles. The van der Waals surface area contributed by atoms with Crippen LogP contribution in [0.25, 0.3) is 0 Å². The molecule has 1 heterocycles. The molecule has 0 amide bonds. The average Bonchev–Trinajstić information content (AvgIpc) is 2.91. The summed E-state index contributed by atoms with van der Waals surface area (Å²) in [6.45, 7) is 1.72. The van der Waals surface area contributed by atoms with E-state index in [9.17, 15) is 13.6 Å². The number of H-pyrrole nitrogens is 1. The van der Waals surface area contributed by atoms with Crippen molar-refractivity contribution in [3.05, 3.63) is 52.9 Å². The summed E-state index contributed by atoms with van der Waals surface area (Å²) in [7, 11) is 1.28. The number of methoxy groups -OCH3 is 1. The number of hydrogen-bond donors (Lipinski definition) is 2. The smallest absolute Gasteiger partial charge is 0.354 e. The summed E-state index contributed by atoms with van der Waals surface area (Å²) in [5.41, 5.74) is 1.08. The molecule has 0 radical (unpaired) electrons. The first-order valence-corrected chi connectivity index (χ1v) is 5.97. The Bertz CT molecular complexity index is 638. The Morgan fingerprint density at radius 2 is 2.05 bits per heavy atom. The molecule has 0 aliphatic carbocycles. The molecule has 0 aliphatic rings. The molecule has 0 atom stereocenters. The predicted octanol–water partition coefficient (Wildman–Crippen LogP) is 3.00. The standard InChI is InChI=1S/C14H14F2N2O2/c1-8-3-5-10(15)13(12(8)16)17-7-9-4-6-11(18-9)14(19)20-2/h3-6,17-18H,7H2,1-2H3. The van der Waals surface area contributed by atoms with Gasteiger partial charge in [0.25, 0.3) is 0 Å². The normalized spacial score (nSPS) is 10.4. The molecule has 106 valence electrons. The quantitative estimate of drug-likeness (QED) is 0.846. The van der Waals surface area contributed by atoms with Crippen LogP contribution >= 0.6 is 0 Å². The van der Waals surface area contributed by atoms with Gasteiger partial charge in [0.2, 0.25) is 0 Å². The van der Waals surface area contributed by atoms with Crippen LogP contribution in [-0.2, 0) is 11.3 Å². The van der Waals surface area contributed by atoms with Gasteiger partial charge in [-0.2, -0.15) is 0 Å². The zero-order chi connectivity index (χ0) is 14.7. The summed E-state index contributed by atoms with van der Waals surface area (Å²) in [5.74, 6) is -1.78. The topological polar surface area (TPSA) is 54.1 Å². The molecular formula is C14H14F2N2O2. The van der Waals surface area contributed by atoms with Crippen molar-refractivity contribution in [2.24, 2.45) is 0 Å². The van der Waals surface area contributed by atoms with Gasteiger partial charge in [-0.3, -0.25) is 0 Å². The van der Waals surface area contributed by atoms with E-state index in [1.807, 2.05) is 0 Å². The van der Waals surface area contributed by atoms with Crippen molar-refractivity contribution in [3.63, 3.8) is 0 Å². The average molecular weight is 280 g/mol. The zero-order valence-electron chi connectivity index (χ0n) is 11.1. The summed E-state index contributed by atoms with van der Waals surface area (Å²) in [6.07, 6.45) is 0. The van der Waals surface area contributed by atoms with E-state index in [1.165, 1.54) is 19.2 Å². The number of halogens is 2. The number of carbonyl (C=O) groups excluding carboxylic acids is 1. The van der Waals surface area contributed by atoms with E-state index < -0.39 is 17.6 Å². The van der Waals surface area contributed by atoms with Crippen molar-refractivity contribution in [3.8, 4) is 0 Å². The third-order valence-electron chi connectivity index (χ3n) is 2.89. The Morgan fingerprint density at radius 3 is 2.75 bits per heavy atom. The SMILES string of the molecule is COC(=O)c1ccc(CNc2c(F)ccc(C)c2F)[nH]1. The number of nitrogens with one attached hydrogen (secondary N) is 2. The van der Waals surface area contributed by atoms with Crippen LogP contribution in [0.5, 0.6) is 0 Å². The van der Waals surface area contributed by atoms with Crippen LogP contribution < -0.4 is 5.32 Å². The first-order chi connectivity index (χ1) is 9.52. The summed E-state index contributed by atoms with van der Waals surface area (Å²) in [6, 6.07) is 5.77. The maximum atomic E-state index is 13.8. The third-order valence-corrected chi connectivity index (χ3v) is 2.89. The Hall–Kier alpha value is -2.37. The number of aryl methyl sites for hydroxylation is 1. The number of esters is 1. The molecule has 20 heavy (non-hydrogen) atoms. The second-order valence-corrected chi connectivity index (χ2v) is 4.30. The summed E-state index contributed by atoms with van der Waals surface area (Å²) < 4.78 is 31.9. The van der Waals surface area contributed by atoms with Crippen LogP contribution in [0, 0.1) is 18.6 Å². The van der Waals surface area contributed by atoms with Crippen LogP contribution in [0.2, 0.25) is 0 Å². The third kappa shape index (κ3) is 2.79. The lowest BCUT2D eigenvalue weighted by Crippen LogP contribution is -2.06. The van der Waals surface area contributed by atoms with E-state index in [4.69, 9.17) is 0 Å². The van der Waals surface area contributed by atoms with Crippen LogP contribution in [0.3, 0.4) is 0 Å². The number of anilines is 1. The van der Waals surface area contributed by atoms with Crippen molar-refractivity contribution < 1.29 is 18.3 Å². The van der Waals surface area contributed by atoms with Crippen LogP contribution in [-0.4, -0.2) is 18.1 Å². The van der Waals surface area contributed by atoms with Crippen molar-refractivity contribution >= 4 is 11.7 Å². The molecule has 0 aliphatic heterocycles. The molecule has 0 fully saturated rings. The molecule has 6 heteroatoms. The molecular weight excluding hydrogens is 266 g/mol.